The van der Waals surface area contributed by atoms with E-state index in [2.05, 4.69) is 185 Å². The molecule has 4 nitrogen and oxygen atoms in total. The Bertz CT molecular complexity index is 3590. The zero-order valence-electron chi connectivity index (χ0n) is 33.8. The second-order valence-corrected chi connectivity index (χ2v) is 16.9. The summed E-state index contributed by atoms with van der Waals surface area (Å²) in [5.74, 6) is 1.84. The predicted octanol–water partition coefficient (Wildman–Crippen LogP) is 14.8. The molecule has 0 radical (unpaired) electrons. The number of furan rings is 1. The van der Waals surface area contributed by atoms with Crippen LogP contribution in [0.5, 0.6) is 0 Å². The van der Waals surface area contributed by atoms with Crippen LogP contribution in [-0.2, 0) is 5.41 Å². The molecular weight excluding hydrogens is 731 g/mol. The molecule has 0 bridgehead atoms. The lowest BCUT2D eigenvalue weighted by Gasteiger charge is -2.21. The summed E-state index contributed by atoms with van der Waals surface area (Å²) in [7, 11) is 0. The number of hydrogen-bond acceptors (Lipinski definition) is 4. The number of hydrogen-bond donors (Lipinski definition) is 0. The number of fused-ring (bicyclic) bond motifs is 11. The molecule has 284 valence electrons. The molecule has 0 N–H and O–H groups in total. The van der Waals surface area contributed by atoms with Crippen molar-refractivity contribution in [3.63, 3.8) is 0 Å². The molecule has 12 rings (SSSR count). The van der Waals surface area contributed by atoms with Crippen LogP contribution in [0.1, 0.15) is 36.1 Å². The highest BCUT2D eigenvalue weighted by Crippen LogP contribution is 2.51. The van der Waals surface area contributed by atoms with E-state index in [4.69, 9.17) is 19.4 Å². The molecule has 0 spiro atoms. The summed E-state index contributed by atoms with van der Waals surface area (Å²) in [4.78, 5) is 16.0. The molecule has 0 unspecified atom stereocenters. The molecule has 0 aliphatic heterocycles. The fourth-order valence-corrected chi connectivity index (χ4v) is 10.0. The van der Waals surface area contributed by atoms with Crippen molar-refractivity contribution in [2.75, 3.05) is 0 Å². The van der Waals surface area contributed by atoms with Crippen molar-refractivity contribution < 1.29 is 4.42 Å². The minimum absolute atomic E-state index is 0.135. The van der Waals surface area contributed by atoms with E-state index in [1.807, 2.05) is 6.07 Å². The van der Waals surface area contributed by atoms with Crippen molar-refractivity contribution in [3.8, 4) is 56.4 Å². The monoisotopic (exact) mass is 769 g/mol. The lowest BCUT2D eigenvalue weighted by atomic mass is 9.82. The van der Waals surface area contributed by atoms with Crippen molar-refractivity contribution in [1.29, 1.82) is 0 Å². The van der Waals surface area contributed by atoms with Gasteiger partial charge in [-0.15, -0.1) is 0 Å². The average molecular weight is 770 g/mol. The number of rotatable bonds is 4. The molecule has 9 aromatic carbocycles. The average Bonchev–Trinajstić information content (AvgIpc) is 3.76. The van der Waals surface area contributed by atoms with Gasteiger partial charge in [-0.05, 0) is 121 Å². The van der Waals surface area contributed by atoms with Crippen molar-refractivity contribution in [1.82, 2.24) is 15.0 Å². The van der Waals surface area contributed by atoms with Gasteiger partial charge in [0.15, 0.2) is 17.5 Å². The summed E-state index contributed by atoms with van der Waals surface area (Å²) in [6.45, 7) is 8.95. The first-order valence-electron chi connectivity index (χ1n) is 20.7. The third kappa shape index (κ3) is 5.13. The van der Waals surface area contributed by atoms with Gasteiger partial charge in [-0.25, -0.2) is 15.0 Å². The molecule has 0 saturated heterocycles. The second-order valence-electron chi connectivity index (χ2n) is 16.9. The minimum Gasteiger partial charge on any atom is -0.456 e. The number of nitrogens with zero attached hydrogens (tertiary/aromatic N) is 3. The van der Waals surface area contributed by atoms with E-state index in [0.717, 1.165) is 49.6 Å². The second kappa shape index (κ2) is 12.8. The number of aryl methyl sites for hydroxylation is 2. The minimum atomic E-state index is -0.135. The van der Waals surface area contributed by atoms with Gasteiger partial charge in [0.1, 0.15) is 11.2 Å². The first-order valence-corrected chi connectivity index (χ1v) is 20.7. The van der Waals surface area contributed by atoms with Gasteiger partial charge in [0.25, 0.3) is 0 Å². The van der Waals surface area contributed by atoms with Gasteiger partial charge >= 0.3 is 0 Å². The van der Waals surface area contributed by atoms with E-state index in [0.29, 0.717) is 17.5 Å². The first kappa shape index (κ1) is 34.6. The van der Waals surface area contributed by atoms with Crippen LogP contribution in [-0.4, -0.2) is 15.0 Å². The van der Waals surface area contributed by atoms with Crippen LogP contribution < -0.4 is 0 Å². The van der Waals surface area contributed by atoms with E-state index in [1.54, 1.807) is 0 Å². The Hall–Kier alpha value is -7.43. The number of aromatic nitrogens is 3. The van der Waals surface area contributed by atoms with Crippen molar-refractivity contribution in [2.45, 2.75) is 33.1 Å². The van der Waals surface area contributed by atoms with Gasteiger partial charge in [-0.3, -0.25) is 0 Å². The molecular formula is C56H39N3O. The Balaban J connectivity index is 1.10. The highest BCUT2D eigenvalue weighted by molar-refractivity contribution is 6.18. The smallest absolute Gasteiger partial charge is 0.164 e. The lowest BCUT2D eigenvalue weighted by Crippen LogP contribution is -2.14. The first-order chi connectivity index (χ1) is 29.3. The van der Waals surface area contributed by atoms with E-state index >= 15 is 0 Å². The van der Waals surface area contributed by atoms with Gasteiger partial charge in [0, 0.05) is 32.9 Å². The van der Waals surface area contributed by atoms with Crippen molar-refractivity contribution >= 4 is 54.3 Å². The molecule has 11 aromatic rings. The zero-order chi connectivity index (χ0) is 40.3. The van der Waals surface area contributed by atoms with E-state index in [-0.39, 0.29) is 5.41 Å². The molecule has 0 amide bonds. The van der Waals surface area contributed by atoms with E-state index in [1.165, 1.54) is 65.9 Å². The maximum Gasteiger partial charge on any atom is 0.164 e. The molecule has 0 fully saturated rings. The van der Waals surface area contributed by atoms with Crippen LogP contribution in [0.4, 0.5) is 0 Å². The number of benzene rings is 9. The van der Waals surface area contributed by atoms with Gasteiger partial charge < -0.3 is 4.42 Å². The van der Waals surface area contributed by atoms with Crippen molar-refractivity contribution in [3.05, 3.63) is 186 Å². The van der Waals surface area contributed by atoms with Crippen LogP contribution >= 0.6 is 0 Å². The summed E-state index contributed by atoms with van der Waals surface area (Å²) < 4.78 is 6.70. The van der Waals surface area contributed by atoms with Gasteiger partial charge in [0.05, 0.1) is 0 Å². The molecule has 1 aliphatic carbocycles. The normalized spacial score (nSPS) is 13.1. The molecule has 2 aromatic heterocycles. The third-order valence-electron chi connectivity index (χ3n) is 13.0. The molecule has 1 aliphatic rings. The summed E-state index contributed by atoms with van der Waals surface area (Å²) in [5, 5.41) is 9.30. The van der Waals surface area contributed by atoms with Crippen LogP contribution in [0.3, 0.4) is 0 Å². The highest BCUT2D eigenvalue weighted by atomic mass is 16.3. The fraction of sp³-hybridized carbons (Fsp3) is 0.0893. The van der Waals surface area contributed by atoms with Crippen LogP contribution in [0.25, 0.3) is 111 Å². The third-order valence-corrected chi connectivity index (χ3v) is 13.0. The highest BCUT2D eigenvalue weighted by Gasteiger charge is 2.36. The SMILES string of the molecule is Cc1cccc(C)c1-c1cccc(-c2nc(-c3ccc4ccc5c6ccccc6ccc5c4c3)nc(-c3cccc4oc5cc6c(cc5c34)-c3ccccc3C6(C)C)n2)c1. The summed E-state index contributed by atoms with van der Waals surface area (Å²) >= 11 is 0. The molecule has 0 atom stereocenters. The van der Waals surface area contributed by atoms with E-state index < -0.39 is 0 Å². The topological polar surface area (TPSA) is 51.8 Å². The summed E-state index contributed by atoms with van der Waals surface area (Å²) in [6.07, 6.45) is 0. The van der Waals surface area contributed by atoms with E-state index in [9.17, 15) is 0 Å². The largest absolute Gasteiger partial charge is 0.456 e. The Labute approximate surface area is 347 Å². The van der Waals surface area contributed by atoms with Gasteiger partial charge in [0.2, 0.25) is 0 Å². The molecule has 4 heteroatoms. The van der Waals surface area contributed by atoms with Crippen LogP contribution in [0.15, 0.2) is 168 Å². The van der Waals surface area contributed by atoms with Crippen LogP contribution in [0.2, 0.25) is 0 Å². The Morgan fingerprint density at radius 1 is 0.400 bits per heavy atom. The van der Waals surface area contributed by atoms with Crippen LogP contribution in [0, 0.1) is 13.8 Å². The zero-order valence-corrected chi connectivity index (χ0v) is 33.8. The molecule has 0 saturated carbocycles. The maximum atomic E-state index is 6.70. The fourth-order valence-electron chi connectivity index (χ4n) is 10.0. The Morgan fingerprint density at radius 3 is 1.87 bits per heavy atom. The quantitative estimate of drug-likeness (QED) is 0.167. The van der Waals surface area contributed by atoms with Crippen molar-refractivity contribution in [2.24, 2.45) is 0 Å². The molecule has 2 heterocycles. The Morgan fingerprint density at radius 2 is 1.03 bits per heavy atom. The lowest BCUT2D eigenvalue weighted by molar-refractivity contribution is 0.647. The maximum absolute atomic E-state index is 6.70. The van der Waals surface area contributed by atoms with Gasteiger partial charge in [-0.2, -0.15) is 0 Å². The van der Waals surface area contributed by atoms with Gasteiger partial charge in [-0.1, -0.05) is 147 Å². The Kier molecular flexibility index (Phi) is 7.37. The standard InChI is InChI=1S/C56H39N3O/c1-32-12-9-13-33(2)51(32)36-15-10-16-37(28-36)53-57-54(38-23-22-35-25-26-40-39-17-6-5-14-34(39)24-27-41(40)44(35)29-38)59-55(58-53)43-19-11-21-49-52(43)46-30-45-42-18-7-8-20-47(42)56(3,4)48(45)31-50(46)60-49/h5-31H,1-4H3. The predicted molar refractivity (Wildman–Crippen MR) is 248 cm³/mol. The molecule has 60 heavy (non-hydrogen) atoms. The summed E-state index contributed by atoms with van der Waals surface area (Å²) in [6, 6.07) is 58.7. The summed E-state index contributed by atoms with van der Waals surface area (Å²) in [5.41, 5.74) is 14.3.